The summed E-state index contributed by atoms with van der Waals surface area (Å²) in [7, 11) is 0. The Bertz CT molecular complexity index is 1700. The van der Waals surface area contributed by atoms with Gasteiger partial charge in [0.2, 0.25) is 17.7 Å². The third-order valence-corrected chi connectivity index (χ3v) is 7.28. The fourth-order valence-electron chi connectivity index (χ4n) is 5.26. The lowest BCUT2D eigenvalue weighted by atomic mass is 9.90. The van der Waals surface area contributed by atoms with Crippen molar-refractivity contribution in [2.75, 3.05) is 13.1 Å². The van der Waals surface area contributed by atoms with E-state index < -0.39 is 23.8 Å². The Hall–Kier alpha value is -4.98. The molecule has 8 heteroatoms. The van der Waals surface area contributed by atoms with E-state index in [1.54, 1.807) is 24.3 Å². The maximum Gasteiger partial charge on any atom is 0.326 e. The van der Waals surface area contributed by atoms with Crippen molar-refractivity contribution in [3.8, 4) is 0 Å². The lowest BCUT2D eigenvalue weighted by Crippen LogP contribution is -2.47. The van der Waals surface area contributed by atoms with Gasteiger partial charge in [-0.3, -0.25) is 14.4 Å². The molecule has 5 aromatic rings. The molecule has 0 saturated carbocycles. The second kappa shape index (κ2) is 12.5. The molecule has 1 atom stereocenters. The van der Waals surface area contributed by atoms with Crippen molar-refractivity contribution in [3.63, 3.8) is 0 Å². The van der Waals surface area contributed by atoms with Gasteiger partial charge in [-0.1, -0.05) is 84.9 Å². The van der Waals surface area contributed by atoms with Crippen LogP contribution < -0.4 is 16.0 Å². The monoisotopic (exact) mass is 549 g/mol. The summed E-state index contributed by atoms with van der Waals surface area (Å²) in [5.74, 6) is -2.57. The number of rotatable bonds is 12. The molecule has 5 aromatic carbocycles. The van der Waals surface area contributed by atoms with Gasteiger partial charge in [0.25, 0.3) is 0 Å². The predicted molar refractivity (Wildman–Crippen MR) is 159 cm³/mol. The van der Waals surface area contributed by atoms with Gasteiger partial charge in [-0.05, 0) is 56.3 Å². The number of benzene rings is 5. The molecule has 208 valence electrons. The number of hydrogen-bond donors (Lipinski definition) is 4. The smallest absolute Gasteiger partial charge is 0.326 e. The van der Waals surface area contributed by atoms with Gasteiger partial charge in [-0.2, -0.15) is 0 Å². The minimum absolute atomic E-state index is 0.126. The molecule has 0 aliphatic heterocycles. The zero-order chi connectivity index (χ0) is 28.8. The Kier molecular flexibility index (Phi) is 8.39. The molecular formula is C33H31N3O5. The Labute approximate surface area is 237 Å². The van der Waals surface area contributed by atoms with Crippen molar-refractivity contribution < 1.29 is 24.3 Å². The number of amides is 3. The normalized spacial score (nSPS) is 11.9. The van der Waals surface area contributed by atoms with Crippen LogP contribution in [0.4, 0.5) is 0 Å². The Morgan fingerprint density at radius 3 is 2.02 bits per heavy atom. The zero-order valence-electron chi connectivity index (χ0n) is 22.5. The SMILES string of the molecule is O=C(CCCc1ccc2ccc3cccc4ccc1c2c34)NCC(=O)NCC(=O)N[C@H](Cc1ccccc1)C(=O)O. The Balaban J connectivity index is 1.06. The average molecular weight is 550 g/mol. The summed E-state index contributed by atoms with van der Waals surface area (Å²) in [5.41, 5.74) is 1.95. The summed E-state index contributed by atoms with van der Waals surface area (Å²) in [6.07, 6.45) is 1.73. The fourth-order valence-corrected chi connectivity index (χ4v) is 5.26. The molecule has 5 rings (SSSR count). The van der Waals surface area contributed by atoms with Gasteiger partial charge in [0.1, 0.15) is 6.04 Å². The third kappa shape index (κ3) is 6.61. The molecule has 0 saturated heterocycles. The van der Waals surface area contributed by atoms with Crippen molar-refractivity contribution in [1.82, 2.24) is 16.0 Å². The number of carbonyl (C=O) groups is 4. The van der Waals surface area contributed by atoms with E-state index in [1.165, 1.54) is 37.9 Å². The van der Waals surface area contributed by atoms with Crippen molar-refractivity contribution in [1.29, 1.82) is 0 Å². The highest BCUT2D eigenvalue weighted by molar-refractivity contribution is 6.23. The third-order valence-electron chi connectivity index (χ3n) is 7.28. The lowest BCUT2D eigenvalue weighted by molar-refractivity contribution is -0.141. The first-order valence-electron chi connectivity index (χ1n) is 13.6. The van der Waals surface area contributed by atoms with Crippen molar-refractivity contribution >= 4 is 56.0 Å². The predicted octanol–water partition coefficient (Wildman–Crippen LogP) is 3.95. The quantitative estimate of drug-likeness (QED) is 0.176. The molecule has 0 radical (unpaired) electrons. The number of carboxylic acids is 1. The highest BCUT2D eigenvalue weighted by Crippen LogP contribution is 2.36. The zero-order valence-corrected chi connectivity index (χ0v) is 22.5. The molecule has 0 bridgehead atoms. The summed E-state index contributed by atoms with van der Waals surface area (Å²) in [6, 6.07) is 27.0. The summed E-state index contributed by atoms with van der Waals surface area (Å²) in [5, 5.41) is 24.1. The lowest BCUT2D eigenvalue weighted by Gasteiger charge is -2.15. The van der Waals surface area contributed by atoms with E-state index in [1.807, 2.05) is 6.07 Å². The molecule has 8 nitrogen and oxygen atoms in total. The van der Waals surface area contributed by atoms with E-state index in [0.717, 1.165) is 12.0 Å². The first-order chi connectivity index (χ1) is 19.9. The van der Waals surface area contributed by atoms with Gasteiger partial charge in [0.05, 0.1) is 13.1 Å². The van der Waals surface area contributed by atoms with E-state index in [2.05, 4.69) is 70.5 Å². The van der Waals surface area contributed by atoms with Crippen LogP contribution in [-0.4, -0.2) is 47.9 Å². The molecule has 4 N–H and O–H groups in total. The van der Waals surface area contributed by atoms with Gasteiger partial charge >= 0.3 is 5.97 Å². The highest BCUT2D eigenvalue weighted by atomic mass is 16.4. The molecule has 0 aliphatic rings. The topological polar surface area (TPSA) is 125 Å². The number of hydrogen-bond acceptors (Lipinski definition) is 4. The van der Waals surface area contributed by atoms with Gasteiger partial charge in [-0.15, -0.1) is 0 Å². The number of carboxylic acid groups (broad SMARTS) is 1. The molecule has 3 amide bonds. The van der Waals surface area contributed by atoms with Gasteiger partial charge in [0.15, 0.2) is 0 Å². The summed E-state index contributed by atoms with van der Waals surface area (Å²) in [6.45, 7) is -0.654. The molecule has 0 aromatic heterocycles. The largest absolute Gasteiger partial charge is 0.480 e. The van der Waals surface area contributed by atoms with E-state index in [0.29, 0.717) is 6.42 Å². The average Bonchev–Trinajstić information content (AvgIpc) is 2.98. The van der Waals surface area contributed by atoms with E-state index in [-0.39, 0.29) is 31.8 Å². The van der Waals surface area contributed by atoms with Crippen LogP contribution in [0.3, 0.4) is 0 Å². The van der Waals surface area contributed by atoms with Gasteiger partial charge in [0, 0.05) is 12.8 Å². The van der Waals surface area contributed by atoms with Gasteiger partial charge < -0.3 is 21.1 Å². The van der Waals surface area contributed by atoms with Crippen LogP contribution in [0, 0.1) is 0 Å². The van der Waals surface area contributed by atoms with E-state index in [9.17, 15) is 24.3 Å². The van der Waals surface area contributed by atoms with Crippen LogP contribution in [0.5, 0.6) is 0 Å². The van der Waals surface area contributed by atoms with Crippen molar-refractivity contribution in [3.05, 3.63) is 96.1 Å². The van der Waals surface area contributed by atoms with Crippen LogP contribution >= 0.6 is 0 Å². The maximum atomic E-state index is 12.4. The second-order valence-electron chi connectivity index (χ2n) is 10.1. The second-order valence-corrected chi connectivity index (χ2v) is 10.1. The summed E-state index contributed by atoms with van der Waals surface area (Å²) >= 11 is 0. The minimum atomic E-state index is -1.16. The van der Waals surface area contributed by atoms with Crippen LogP contribution in [0.1, 0.15) is 24.0 Å². The standard InChI is InChI=1S/C33H31N3O5/c37-28(34-19-29(38)35-20-30(39)36-27(33(40)41)18-21-6-2-1-3-7-21)11-5-8-22-12-13-25-15-14-23-9-4-10-24-16-17-26(22)32(25)31(23)24/h1-4,6-7,9-10,12-17,27H,5,8,11,18-20H2,(H,34,37)(H,35,38)(H,36,39)(H,40,41)/t27-/m1/s1. The molecule has 0 fully saturated rings. The summed E-state index contributed by atoms with van der Waals surface area (Å²) < 4.78 is 0. The highest BCUT2D eigenvalue weighted by Gasteiger charge is 2.20. The number of carbonyl (C=O) groups excluding carboxylic acids is 3. The van der Waals surface area contributed by atoms with Crippen molar-refractivity contribution in [2.24, 2.45) is 0 Å². The van der Waals surface area contributed by atoms with E-state index in [4.69, 9.17) is 0 Å². The molecule has 0 spiro atoms. The molecule has 0 aliphatic carbocycles. The summed E-state index contributed by atoms with van der Waals surface area (Å²) in [4.78, 5) is 48.2. The molecule has 0 unspecified atom stereocenters. The molecule has 41 heavy (non-hydrogen) atoms. The van der Waals surface area contributed by atoms with Gasteiger partial charge in [-0.25, -0.2) is 4.79 Å². The van der Waals surface area contributed by atoms with E-state index >= 15 is 0 Å². The van der Waals surface area contributed by atoms with Crippen LogP contribution in [0.15, 0.2) is 84.9 Å². The first-order valence-corrected chi connectivity index (χ1v) is 13.6. The van der Waals surface area contributed by atoms with Crippen LogP contribution in [-0.2, 0) is 32.0 Å². The number of aryl methyl sites for hydroxylation is 1. The Morgan fingerprint density at radius 1 is 0.659 bits per heavy atom. The number of nitrogens with one attached hydrogen (secondary N) is 3. The van der Waals surface area contributed by atoms with Crippen molar-refractivity contribution in [2.45, 2.75) is 31.7 Å². The van der Waals surface area contributed by atoms with Crippen LogP contribution in [0.25, 0.3) is 32.3 Å². The molecule has 0 heterocycles. The molecular weight excluding hydrogens is 518 g/mol. The minimum Gasteiger partial charge on any atom is -0.480 e. The maximum absolute atomic E-state index is 12.4. The number of aliphatic carboxylic acids is 1. The Morgan fingerprint density at radius 2 is 1.29 bits per heavy atom. The van der Waals surface area contributed by atoms with Crippen LogP contribution in [0.2, 0.25) is 0 Å². The fraction of sp³-hybridized carbons (Fsp3) is 0.212. The first kappa shape index (κ1) is 27.6.